The summed E-state index contributed by atoms with van der Waals surface area (Å²) in [7, 11) is 0. The van der Waals surface area contributed by atoms with Gasteiger partial charge in [0.25, 0.3) is 0 Å². The Labute approximate surface area is 122 Å². The maximum absolute atomic E-state index is 9.77. The summed E-state index contributed by atoms with van der Waals surface area (Å²) in [5, 5.41) is 9.77. The van der Waals surface area contributed by atoms with E-state index in [2.05, 4.69) is 25.7 Å². The average Bonchev–Trinajstić information content (AvgIpc) is 2.88. The van der Waals surface area contributed by atoms with E-state index < -0.39 is 5.54 Å². The topological polar surface area (TPSA) is 49.5 Å². The fourth-order valence-corrected chi connectivity index (χ4v) is 3.08. The van der Waals surface area contributed by atoms with Gasteiger partial charge in [-0.1, -0.05) is 51.1 Å². The molecule has 0 saturated carbocycles. The molecule has 0 aliphatic carbocycles. The van der Waals surface area contributed by atoms with E-state index in [4.69, 9.17) is 5.73 Å². The van der Waals surface area contributed by atoms with Gasteiger partial charge in [-0.15, -0.1) is 0 Å². The number of nitrogens with two attached hydrogens (primary N) is 1. The molecule has 1 fully saturated rings. The molecule has 2 rings (SSSR count). The van der Waals surface area contributed by atoms with Crippen molar-refractivity contribution >= 4 is 0 Å². The predicted octanol–water partition coefficient (Wildman–Crippen LogP) is 2.20. The minimum absolute atomic E-state index is 0.0201. The second-order valence-corrected chi connectivity index (χ2v) is 7.27. The quantitative estimate of drug-likeness (QED) is 0.886. The van der Waals surface area contributed by atoms with E-state index in [9.17, 15) is 5.11 Å². The summed E-state index contributed by atoms with van der Waals surface area (Å²) < 4.78 is 0. The molecule has 1 saturated heterocycles. The van der Waals surface area contributed by atoms with Gasteiger partial charge < -0.3 is 15.7 Å². The maximum atomic E-state index is 9.77. The minimum Gasteiger partial charge on any atom is -0.394 e. The predicted molar refractivity (Wildman–Crippen MR) is 83.4 cm³/mol. The molecule has 0 radical (unpaired) electrons. The molecule has 3 heteroatoms. The van der Waals surface area contributed by atoms with E-state index in [1.54, 1.807) is 0 Å². The van der Waals surface area contributed by atoms with E-state index in [-0.39, 0.29) is 6.61 Å². The highest BCUT2D eigenvalue weighted by Gasteiger charge is 2.36. The van der Waals surface area contributed by atoms with Gasteiger partial charge in [0.15, 0.2) is 0 Å². The third-order valence-electron chi connectivity index (χ3n) is 4.63. The van der Waals surface area contributed by atoms with Gasteiger partial charge in [0.2, 0.25) is 0 Å². The van der Waals surface area contributed by atoms with Crippen LogP contribution < -0.4 is 5.73 Å². The second-order valence-electron chi connectivity index (χ2n) is 7.27. The zero-order chi connectivity index (χ0) is 14.8. The molecule has 1 aliphatic rings. The van der Waals surface area contributed by atoms with E-state index in [1.165, 1.54) is 6.42 Å². The van der Waals surface area contributed by atoms with Crippen LogP contribution in [0.4, 0.5) is 0 Å². The van der Waals surface area contributed by atoms with Crippen LogP contribution in [0.1, 0.15) is 32.8 Å². The molecule has 1 aromatic carbocycles. The van der Waals surface area contributed by atoms with Crippen LogP contribution in [0, 0.1) is 11.3 Å². The molecule has 3 N–H and O–H groups in total. The third kappa shape index (κ3) is 3.40. The SMILES string of the molecule is CC(C)(C)C1CCN(CC(N)(CO)c2ccccc2)C1. The van der Waals surface area contributed by atoms with Crippen molar-refractivity contribution < 1.29 is 5.11 Å². The van der Waals surface area contributed by atoms with Crippen molar-refractivity contribution in [1.29, 1.82) is 0 Å². The zero-order valence-corrected chi connectivity index (χ0v) is 13.0. The van der Waals surface area contributed by atoms with Gasteiger partial charge in [0.05, 0.1) is 12.1 Å². The van der Waals surface area contributed by atoms with Gasteiger partial charge in [-0.2, -0.15) is 0 Å². The molecule has 0 bridgehead atoms. The lowest BCUT2D eigenvalue weighted by molar-refractivity contribution is 0.141. The fraction of sp³-hybridized carbons (Fsp3) is 0.647. The molecular formula is C17H28N2O. The normalized spacial score (nSPS) is 23.8. The van der Waals surface area contributed by atoms with Crippen molar-refractivity contribution in [3.05, 3.63) is 35.9 Å². The number of nitrogens with zero attached hydrogens (tertiary/aromatic N) is 1. The van der Waals surface area contributed by atoms with Gasteiger partial charge in [-0.05, 0) is 29.9 Å². The van der Waals surface area contributed by atoms with Crippen LogP contribution in [0.15, 0.2) is 30.3 Å². The molecule has 112 valence electrons. The van der Waals surface area contributed by atoms with Gasteiger partial charge in [-0.25, -0.2) is 0 Å². The van der Waals surface area contributed by atoms with Crippen LogP contribution in [0.25, 0.3) is 0 Å². The first-order chi connectivity index (χ1) is 9.35. The number of aliphatic hydroxyl groups excluding tert-OH is 1. The molecule has 2 unspecified atom stereocenters. The molecule has 0 amide bonds. The molecular weight excluding hydrogens is 248 g/mol. The van der Waals surface area contributed by atoms with Crippen molar-refractivity contribution in [2.24, 2.45) is 17.1 Å². The van der Waals surface area contributed by atoms with Crippen molar-refractivity contribution in [1.82, 2.24) is 4.90 Å². The van der Waals surface area contributed by atoms with Gasteiger partial charge >= 0.3 is 0 Å². The highest BCUT2D eigenvalue weighted by atomic mass is 16.3. The minimum atomic E-state index is -0.659. The third-order valence-corrected chi connectivity index (χ3v) is 4.63. The van der Waals surface area contributed by atoms with Crippen molar-refractivity contribution in [2.75, 3.05) is 26.2 Å². The molecule has 1 aromatic rings. The van der Waals surface area contributed by atoms with Crippen LogP contribution in [-0.2, 0) is 5.54 Å². The van der Waals surface area contributed by atoms with Crippen molar-refractivity contribution in [2.45, 2.75) is 32.7 Å². The summed E-state index contributed by atoms with van der Waals surface area (Å²) >= 11 is 0. The molecule has 3 nitrogen and oxygen atoms in total. The average molecular weight is 276 g/mol. The highest BCUT2D eigenvalue weighted by Crippen LogP contribution is 2.34. The Kier molecular flexibility index (Phi) is 4.52. The number of likely N-dealkylation sites (tertiary alicyclic amines) is 1. The van der Waals surface area contributed by atoms with Gasteiger partial charge in [-0.3, -0.25) is 0 Å². The van der Waals surface area contributed by atoms with E-state index >= 15 is 0 Å². The summed E-state index contributed by atoms with van der Waals surface area (Å²) in [4.78, 5) is 2.40. The van der Waals surface area contributed by atoms with E-state index in [0.29, 0.717) is 11.3 Å². The Morgan fingerprint density at radius 3 is 2.40 bits per heavy atom. The molecule has 1 heterocycles. The standard InChI is InChI=1S/C17H28N2O/c1-16(2,3)15-9-10-19(11-15)12-17(18,13-20)14-7-5-4-6-8-14/h4-8,15,20H,9-13,18H2,1-3H3. The Balaban J connectivity index is 2.05. The van der Waals surface area contributed by atoms with Crippen LogP contribution in [0.3, 0.4) is 0 Å². The smallest absolute Gasteiger partial charge is 0.0772 e. The number of rotatable bonds is 4. The summed E-state index contributed by atoms with van der Waals surface area (Å²) in [6.45, 7) is 9.77. The molecule has 0 aromatic heterocycles. The molecule has 2 atom stereocenters. The molecule has 0 spiro atoms. The summed E-state index contributed by atoms with van der Waals surface area (Å²) in [5.74, 6) is 0.709. The summed E-state index contributed by atoms with van der Waals surface area (Å²) in [5.41, 5.74) is 7.16. The van der Waals surface area contributed by atoms with Crippen LogP contribution in [-0.4, -0.2) is 36.2 Å². The fourth-order valence-electron chi connectivity index (χ4n) is 3.08. The Morgan fingerprint density at radius 2 is 1.90 bits per heavy atom. The first kappa shape index (κ1) is 15.5. The maximum Gasteiger partial charge on any atom is 0.0772 e. The van der Waals surface area contributed by atoms with Crippen LogP contribution in [0.2, 0.25) is 0 Å². The summed E-state index contributed by atoms with van der Waals surface area (Å²) in [6, 6.07) is 9.96. The Bertz CT molecular complexity index is 426. The van der Waals surface area contributed by atoms with Crippen molar-refractivity contribution in [3.63, 3.8) is 0 Å². The zero-order valence-electron chi connectivity index (χ0n) is 13.0. The number of hydrogen-bond acceptors (Lipinski definition) is 3. The summed E-state index contributed by atoms with van der Waals surface area (Å²) in [6.07, 6.45) is 1.22. The van der Waals surface area contributed by atoms with E-state index in [1.807, 2.05) is 30.3 Å². The lowest BCUT2D eigenvalue weighted by Crippen LogP contribution is -2.50. The van der Waals surface area contributed by atoms with Crippen LogP contribution >= 0.6 is 0 Å². The lowest BCUT2D eigenvalue weighted by Gasteiger charge is -2.33. The van der Waals surface area contributed by atoms with Gasteiger partial charge in [0.1, 0.15) is 0 Å². The number of aliphatic hydroxyl groups is 1. The number of benzene rings is 1. The highest BCUT2D eigenvalue weighted by molar-refractivity contribution is 5.24. The van der Waals surface area contributed by atoms with Gasteiger partial charge in [0, 0.05) is 13.1 Å². The lowest BCUT2D eigenvalue weighted by atomic mass is 9.80. The second kappa shape index (κ2) is 5.84. The molecule has 20 heavy (non-hydrogen) atoms. The van der Waals surface area contributed by atoms with E-state index in [0.717, 1.165) is 25.2 Å². The first-order valence-electron chi connectivity index (χ1n) is 7.53. The van der Waals surface area contributed by atoms with Crippen molar-refractivity contribution in [3.8, 4) is 0 Å². The Morgan fingerprint density at radius 1 is 1.25 bits per heavy atom. The Hall–Kier alpha value is -0.900. The number of hydrogen-bond donors (Lipinski definition) is 2. The van der Waals surface area contributed by atoms with Crippen LogP contribution in [0.5, 0.6) is 0 Å². The first-order valence-corrected chi connectivity index (χ1v) is 7.53. The largest absolute Gasteiger partial charge is 0.394 e. The molecule has 1 aliphatic heterocycles. The monoisotopic (exact) mass is 276 g/mol.